The molecule has 4 aromatic rings. The first-order chi connectivity index (χ1) is 16.6. The molecule has 3 aromatic heterocycles. The lowest BCUT2D eigenvalue weighted by Gasteiger charge is -2.30. The van der Waals surface area contributed by atoms with Crippen molar-refractivity contribution in [3.05, 3.63) is 82.5 Å². The standard InChI is InChI=1S/C26H23ClFN5O/c27-23-19(28)5-3-15-13-21(33-11-1-2-12-33)24(22(15)23)32-26(34)16-4-6-20(31-14-16)17-7-9-29-25-18(17)8-10-30-25/h3-10,14,21,24H,1-2,11-13H2,(H,29,30)(H,32,34)/t21-,24+/m1/s1. The van der Waals surface area contributed by atoms with Gasteiger partial charge in [0, 0.05) is 41.1 Å². The van der Waals surface area contributed by atoms with Crippen molar-refractivity contribution < 1.29 is 9.18 Å². The Balaban J connectivity index is 1.29. The number of carbonyl (C=O) groups excluding carboxylic acids is 1. The fourth-order valence-corrected chi connectivity index (χ4v) is 5.64. The first kappa shape index (κ1) is 21.3. The molecule has 1 amide bonds. The van der Waals surface area contributed by atoms with Gasteiger partial charge in [-0.3, -0.25) is 14.7 Å². The molecule has 4 heterocycles. The molecule has 2 N–H and O–H groups in total. The number of nitrogens with one attached hydrogen (secondary N) is 2. The maximum absolute atomic E-state index is 14.3. The number of benzene rings is 1. The third-order valence-corrected chi connectivity index (χ3v) is 7.39. The summed E-state index contributed by atoms with van der Waals surface area (Å²) in [5, 5.41) is 4.22. The van der Waals surface area contributed by atoms with E-state index in [1.165, 1.54) is 6.07 Å². The molecule has 0 spiro atoms. The van der Waals surface area contributed by atoms with Crippen LogP contribution in [0.5, 0.6) is 0 Å². The lowest BCUT2D eigenvalue weighted by atomic mass is 10.0. The minimum Gasteiger partial charge on any atom is -0.346 e. The summed E-state index contributed by atoms with van der Waals surface area (Å²) >= 11 is 6.40. The summed E-state index contributed by atoms with van der Waals surface area (Å²) in [6, 6.07) is 10.4. The predicted octanol–water partition coefficient (Wildman–Crippen LogP) is 4.91. The highest BCUT2D eigenvalue weighted by atomic mass is 35.5. The number of halogens is 2. The predicted molar refractivity (Wildman–Crippen MR) is 129 cm³/mol. The average Bonchev–Trinajstić information content (AvgIpc) is 3.61. The normalized spacial score (nSPS) is 20.1. The number of hydrogen-bond acceptors (Lipinski definition) is 4. The van der Waals surface area contributed by atoms with Gasteiger partial charge < -0.3 is 10.3 Å². The van der Waals surface area contributed by atoms with Gasteiger partial charge in [-0.05, 0) is 68.2 Å². The van der Waals surface area contributed by atoms with E-state index in [1.807, 2.05) is 24.4 Å². The first-order valence-electron chi connectivity index (χ1n) is 11.5. The number of pyridine rings is 2. The smallest absolute Gasteiger partial charge is 0.253 e. The van der Waals surface area contributed by atoms with Crippen molar-refractivity contribution in [2.75, 3.05) is 13.1 Å². The van der Waals surface area contributed by atoms with Crippen LogP contribution < -0.4 is 5.32 Å². The highest BCUT2D eigenvalue weighted by molar-refractivity contribution is 6.31. The molecule has 0 radical (unpaired) electrons. The maximum atomic E-state index is 14.3. The van der Waals surface area contributed by atoms with Crippen molar-refractivity contribution >= 4 is 28.5 Å². The minimum atomic E-state index is -0.457. The van der Waals surface area contributed by atoms with E-state index in [9.17, 15) is 9.18 Å². The van der Waals surface area contributed by atoms with Crippen molar-refractivity contribution in [2.45, 2.75) is 31.3 Å². The Hall–Kier alpha value is -3.29. The number of rotatable bonds is 4. The van der Waals surface area contributed by atoms with E-state index in [4.69, 9.17) is 11.6 Å². The van der Waals surface area contributed by atoms with Crippen LogP contribution in [0.2, 0.25) is 5.02 Å². The zero-order chi connectivity index (χ0) is 23.2. The second-order valence-corrected chi connectivity index (χ2v) is 9.31. The monoisotopic (exact) mass is 475 g/mol. The van der Waals surface area contributed by atoms with E-state index >= 15 is 0 Å². The van der Waals surface area contributed by atoms with Crippen LogP contribution in [-0.2, 0) is 6.42 Å². The highest BCUT2D eigenvalue weighted by Gasteiger charge is 2.40. The molecule has 0 saturated carbocycles. The van der Waals surface area contributed by atoms with E-state index in [2.05, 4.69) is 25.2 Å². The van der Waals surface area contributed by atoms with Crippen molar-refractivity contribution in [3.8, 4) is 11.3 Å². The van der Waals surface area contributed by atoms with Gasteiger partial charge in [-0.2, -0.15) is 0 Å². The van der Waals surface area contributed by atoms with Crippen molar-refractivity contribution in [3.63, 3.8) is 0 Å². The number of likely N-dealkylation sites (tertiary alicyclic amines) is 1. The number of hydrogen-bond donors (Lipinski definition) is 2. The van der Waals surface area contributed by atoms with Crippen LogP contribution >= 0.6 is 11.6 Å². The molecule has 2 atom stereocenters. The topological polar surface area (TPSA) is 73.9 Å². The van der Waals surface area contributed by atoms with Gasteiger partial charge in [-0.15, -0.1) is 0 Å². The summed E-state index contributed by atoms with van der Waals surface area (Å²) in [5.74, 6) is -0.705. The summed E-state index contributed by atoms with van der Waals surface area (Å²) in [4.78, 5) is 27.6. The molecule has 1 aliphatic heterocycles. The largest absolute Gasteiger partial charge is 0.346 e. The molecule has 8 heteroatoms. The minimum absolute atomic E-state index is 0.0617. The second-order valence-electron chi connectivity index (χ2n) is 8.93. The molecule has 1 saturated heterocycles. The van der Waals surface area contributed by atoms with Crippen LogP contribution in [0.25, 0.3) is 22.3 Å². The Morgan fingerprint density at radius 3 is 2.76 bits per heavy atom. The second kappa shape index (κ2) is 8.49. The van der Waals surface area contributed by atoms with E-state index in [-0.39, 0.29) is 23.0 Å². The SMILES string of the molecule is O=C(N[C@@H]1c2c(ccc(F)c2Cl)C[C@H]1N1CCCC1)c1ccc(-c2ccnc3[nH]ccc23)nc1. The molecule has 6 rings (SSSR count). The van der Waals surface area contributed by atoms with Crippen LogP contribution in [0.1, 0.15) is 40.4 Å². The van der Waals surface area contributed by atoms with Gasteiger partial charge in [0.1, 0.15) is 11.5 Å². The highest BCUT2D eigenvalue weighted by Crippen LogP contribution is 2.41. The Morgan fingerprint density at radius 1 is 1.12 bits per heavy atom. The summed E-state index contributed by atoms with van der Waals surface area (Å²) in [6.45, 7) is 1.95. The number of H-pyrrole nitrogens is 1. The van der Waals surface area contributed by atoms with Crippen LogP contribution in [0.15, 0.2) is 55.0 Å². The molecule has 6 nitrogen and oxygen atoms in total. The van der Waals surface area contributed by atoms with E-state index < -0.39 is 5.82 Å². The van der Waals surface area contributed by atoms with Crippen LogP contribution in [0.3, 0.4) is 0 Å². The van der Waals surface area contributed by atoms with Crippen molar-refractivity contribution in [1.82, 2.24) is 25.2 Å². The fourth-order valence-electron chi connectivity index (χ4n) is 5.33. The summed E-state index contributed by atoms with van der Waals surface area (Å²) < 4.78 is 14.3. The number of carbonyl (C=O) groups is 1. The molecule has 0 bridgehead atoms. The molecular formula is C26H23ClFN5O. The van der Waals surface area contributed by atoms with Crippen molar-refractivity contribution in [2.24, 2.45) is 0 Å². The molecule has 0 unspecified atom stereocenters. The molecule has 1 aromatic carbocycles. The number of aromatic nitrogens is 3. The zero-order valence-electron chi connectivity index (χ0n) is 18.4. The summed E-state index contributed by atoms with van der Waals surface area (Å²) in [6.07, 6.45) is 8.15. The van der Waals surface area contributed by atoms with Gasteiger partial charge in [-0.1, -0.05) is 17.7 Å². The van der Waals surface area contributed by atoms with E-state index in [0.717, 1.165) is 60.2 Å². The Morgan fingerprint density at radius 2 is 1.97 bits per heavy atom. The molecule has 1 fully saturated rings. The van der Waals surface area contributed by atoms with E-state index in [0.29, 0.717) is 11.1 Å². The Labute approximate surface area is 201 Å². The number of amides is 1. The lowest BCUT2D eigenvalue weighted by molar-refractivity contribution is 0.0906. The molecule has 2 aliphatic rings. The van der Waals surface area contributed by atoms with Gasteiger partial charge >= 0.3 is 0 Å². The molecule has 34 heavy (non-hydrogen) atoms. The van der Waals surface area contributed by atoms with Gasteiger partial charge in [0.05, 0.1) is 22.3 Å². The van der Waals surface area contributed by atoms with Gasteiger partial charge in [0.25, 0.3) is 5.91 Å². The third kappa shape index (κ3) is 3.56. The molecule has 1 aliphatic carbocycles. The maximum Gasteiger partial charge on any atom is 0.253 e. The summed E-state index contributed by atoms with van der Waals surface area (Å²) in [5.41, 5.74) is 4.63. The Bertz CT molecular complexity index is 1380. The lowest BCUT2D eigenvalue weighted by Crippen LogP contribution is -2.43. The fraction of sp³-hybridized carbons (Fsp3) is 0.269. The van der Waals surface area contributed by atoms with Crippen molar-refractivity contribution in [1.29, 1.82) is 0 Å². The molecular weight excluding hydrogens is 453 g/mol. The van der Waals surface area contributed by atoms with Gasteiger partial charge in [-0.25, -0.2) is 9.37 Å². The number of aromatic amines is 1. The average molecular weight is 476 g/mol. The van der Waals surface area contributed by atoms with E-state index in [1.54, 1.807) is 24.5 Å². The van der Waals surface area contributed by atoms with Crippen LogP contribution in [0, 0.1) is 5.82 Å². The number of nitrogens with zero attached hydrogens (tertiary/aromatic N) is 3. The quantitative estimate of drug-likeness (QED) is 0.440. The summed E-state index contributed by atoms with van der Waals surface area (Å²) in [7, 11) is 0. The third-order valence-electron chi connectivity index (χ3n) is 7.01. The number of fused-ring (bicyclic) bond motifs is 2. The first-order valence-corrected chi connectivity index (χ1v) is 11.9. The van der Waals surface area contributed by atoms with Crippen LogP contribution in [-0.4, -0.2) is 44.9 Å². The van der Waals surface area contributed by atoms with Gasteiger partial charge in [0.2, 0.25) is 0 Å². The van der Waals surface area contributed by atoms with Gasteiger partial charge in [0.15, 0.2) is 0 Å². The molecule has 172 valence electrons. The zero-order valence-corrected chi connectivity index (χ0v) is 19.1. The van der Waals surface area contributed by atoms with Crippen LogP contribution in [0.4, 0.5) is 4.39 Å². The Kier molecular flexibility index (Phi) is 5.31.